The average Bonchev–Trinajstić information content (AvgIpc) is 3.39. The number of hydrogen-bond acceptors (Lipinski definition) is 3. The van der Waals surface area contributed by atoms with Crippen molar-refractivity contribution in [1.82, 2.24) is 19.7 Å². The molecule has 1 aliphatic heterocycles. The van der Waals surface area contributed by atoms with Gasteiger partial charge in [-0.1, -0.05) is 6.07 Å². The number of fused-ring (bicyclic) bond motifs is 1. The monoisotopic (exact) mass is 467 g/mol. The first kappa shape index (κ1) is 21.7. The summed E-state index contributed by atoms with van der Waals surface area (Å²) in [6, 6.07) is 10.5. The summed E-state index contributed by atoms with van der Waals surface area (Å²) >= 11 is 0. The van der Waals surface area contributed by atoms with Gasteiger partial charge in [0.15, 0.2) is 0 Å². The number of nitrogens with zero attached hydrogens (tertiary/aromatic N) is 3. The quantitative estimate of drug-likeness (QED) is 0.465. The molecule has 2 amide bonds. The molecular formula is C24H20F3N5O2. The Bertz CT molecular complexity index is 1380. The fraction of sp³-hybridized carbons (Fsp3) is 0.208. The Balaban J connectivity index is 1.35. The predicted octanol–water partition coefficient (Wildman–Crippen LogP) is 4.46. The van der Waals surface area contributed by atoms with E-state index in [-0.39, 0.29) is 17.7 Å². The second kappa shape index (κ2) is 8.05. The third kappa shape index (κ3) is 4.02. The Morgan fingerprint density at radius 1 is 1.09 bits per heavy atom. The van der Waals surface area contributed by atoms with Crippen LogP contribution < -0.4 is 5.32 Å². The van der Waals surface area contributed by atoms with E-state index < -0.39 is 11.7 Å². The lowest BCUT2D eigenvalue weighted by molar-refractivity contribution is -0.139. The summed E-state index contributed by atoms with van der Waals surface area (Å²) in [6.45, 7) is 2.31. The van der Waals surface area contributed by atoms with E-state index >= 15 is 0 Å². The minimum Gasteiger partial charge on any atom is -0.359 e. The zero-order valence-corrected chi connectivity index (χ0v) is 18.1. The number of halogens is 3. The van der Waals surface area contributed by atoms with E-state index in [0.717, 1.165) is 34.2 Å². The molecule has 7 nitrogen and oxygen atoms in total. The maximum atomic E-state index is 12.8. The van der Waals surface area contributed by atoms with Crippen LogP contribution in [0.4, 0.5) is 18.9 Å². The molecule has 174 valence electrons. The molecule has 0 aliphatic carbocycles. The minimum atomic E-state index is -4.39. The number of rotatable bonds is 4. The van der Waals surface area contributed by atoms with E-state index in [1.54, 1.807) is 23.5 Å². The van der Waals surface area contributed by atoms with E-state index in [2.05, 4.69) is 15.4 Å². The standard InChI is InChI=1S/C24H20F3N5O2/c1-14(33)31-11-17(12-31)23(34)30-22-10-28-21-7-2-15(8-20(21)22)16-9-29-32(13-16)19-5-3-18(4-6-19)24(25,26)27/h2-10,13,17,28H,11-12H2,1H3,(H,30,34). The molecule has 0 atom stereocenters. The first-order valence-electron chi connectivity index (χ1n) is 10.6. The number of benzene rings is 2. The fourth-order valence-corrected chi connectivity index (χ4v) is 3.96. The molecule has 2 aromatic carbocycles. The van der Waals surface area contributed by atoms with Gasteiger partial charge in [-0.15, -0.1) is 0 Å². The van der Waals surface area contributed by atoms with Gasteiger partial charge in [-0.25, -0.2) is 4.68 Å². The van der Waals surface area contributed by atoms with Crippen molar-refractivity contribution in [1.29, 1.82) is 0 Å². The van der Waals surface area contributed by atoms with E-state index in [4.69, 9.17) is 0 Å². The van der Waals surface area contributed by atoms with Crippen LogP contribution in [0, 0.1) is 5.92 Å². The van der Waals surface area contributed by atoms with Gasteiger partial charge >= 0.3 is 6.18 Å². The van der Waals surface area contributed by atoms with Crippen molar-refractivity contribution in [2.24, 2.45) is 5.92 Å². The van der Waals surface area contributed by atoms with Crippen molar-refractivity contribution in [3.05, 3.63) is 66.6 Å². The molecule has 2 N–H and O–H groups in total. The first-order chi connectivity index (χ1) is 16.2. The van der Waals surface area contributed by atoms with Crippen LogP contribution in [0.2, 0.25) is 0 Å². The maximum absolute atomic E-state index is 12.8. The highest BCUT2D eigenvalue weighted by atomic mass is 19.4. The van der Waals surface area contributed by atoms with Gasteiger partial charge in [0, 0.05) is 48.9 Å². The van der Waals surface area contributed by atoms with Gasteiger partial charge in [0.2, 0.25) is 11.8 Å². The normalized spacial score (nSPS) is 14.3. The summed E-state index contributed by atoms with van der Waals surface area (Å²) in [4.78, 5) is 28.6. The Labute approximate surface area is 192 Å². The zero-order valence-electron chi connectivity index (χ0n) is 18.1. The van der Waals surface area contributed by atoms with E-state index in [9.17, 15) is 22.8 Å². The molecule has 4 aromatic rings. The molecular weight excluding hydrogens is 447 g/mol. The highest BCUT2D eigenvalue weighted by molar-refractivity contribution is 6.04. The van der Waals surface area contributed by atoms with Gasteiger partial charge in [-0.2, -0.15) is 18.3 Å². The molecule has 5 rings (SSSR count). The molecule has 1 aliphatic rings. The number of hydrogen-bond donors (Lipinski definition) is 2. The highest BCUT2D eigenvalue weighted by Crippen LogP contribution is 2.31. The summed E-state index contributed by atoms with van der Waals surface area (Å²) in [5, 5.41) is 8.03. The molecule has 0 bridgehead atoms. The number of amides is 2. The zero-order chi connectivity index (χ0) is 24.0. The number of aromatic amines is 1. The minimum absolute atomic E-state index is 0.0439. The number of H-pyrrole nitrogens is 1. The van der Waals surface area contributed by atoms with Gasteiger partial charge in [0.25, 0.3) is 0 Å². The first-order valence-corrected chi connectivity index (χ1v) is 10.6. The summed E-state index contributed by atoms with van der Waals surface area (Å²) in [5.74, 6) is -0.421. The Hall–Kier alpha value is -4.08. The molecule has 34 heavy (non-hydrogen) atoms. The second-order valence-electron chi connectivity index (χ2n) is 8.29. The van der Waals surface area contributed by atoms with Gasteiger partial charge in [-0.3, -0.25) is 9.59 Å². The third-order valence-electron chi connectivity index (χ3n) is 6.01. The topological polar surface area (TPSA) is 83.0 Å². The maximum Gasteiger partial charge on any atom is 0.416 e. The lowest BCUT2D eigenvalue weighted by Gasteiger charge is -2.37. The Kier molecular flexibility index (Phi) is 5.15. The molecule has 0 spiro atoms. The number of carbonyl (C=O) groups is 2. The van der Waals surface area contributed by atoms with Crippen LogP contribution in [0.3, 0.4) is 0 Å². The van der Waals surface area contributed by atoms with Crippen LogP contribution in [0.1, 0.15) is 12.5 Å². The van der Waals surface area contributed by atoms with Gasteiger partial charge in [0.05, 0.1) is 29.1 Å². The van der Waals surface area contributed by atoms with E-state index in [1.807, 2.05) is 18.2 Å². The molecule has 10 heteroatoms. The predicted molar refractivity (Wildman–Crippen MR) is 120 cm³/mol. The van der Waals surface area contributed by atoms with Crippen LogP contribution >= 0.6 is 0 Å². The van der Waals surface area contributed by atoms with Gasteiger partial charge < -0.3 is 15.2 Å². The van der Waals surface area contributed by atoms with Crippen molar-refractivity contribution < 1.29 is 22.8 Å². The number of carbonyl (C=O) groups excluding carboxylic acids is 2. The molecule has 3 heterocycles. The van der Waals surface area contributed by atoms with Crippen LogP contribution in [-0.2, 0) is 15.8 Å². The van der Waals surface area contributed by atoms with Crippen molar-refractivity contribution in [2.45, 2.75) is 13.1 Å². The van der Waals surface area contributed by atoms with Crippen LogP contribution in [0.25, 0.3) is 27.7 Å². The second-order valence-corrected chi connectivity index (χ2v) is 8.29. The highest BCUT2D eigenvalue weighted by Gasteiger charge is 2.34. The Morgan fingerprint density at radius 3 is 2.50 bits per heavy atom. The number of nitrogens with one attached hydrogen (secondary N) is 2. The lowest BCUT2D eigenvalue weighted by atomic mass is 9.99. The van der Waals surface area contributed by atoms with Crippen molar-refractivity contribution in [3.8, 4) is 16.8 Å². The number of anilines is 1. The largest absolute Gasteiger partial charge is 0.416 e. The van der Waals surface area contributed by atoms with Gasteiger partial charge in [-0.05, 0) is 42.0 Å². The number of likely N-dealkylation sites (tertiary alicyclic amines) is 1. The summed E-state index contributed by atoms with van der Waals surface area (Å²) in [6.07, 6.45) is 0.700. The van der Waals surface area contributed by atoms with Crippen molar-refractivity contribution in [3.63, 3.8) is 0 Å². The summed E-state index contributed by atoms with van der Waals surface area (Å²) in [7, 11) is 0. The van der Waals surface area contributed by atoms with Gasteiger partial charge in [0.1, 0.15) is 0 Å². The number of alkyl halides is 3. The van der Waals surface area contributed by atoms with Crippen LogP contribution in [-0.4, -0.2) is 44.6 Å². The SMILES string of the molecule is CC(=O)N1CC(C(=O)Nc2c[nH]c3ccc(-c4cnn(-c5ccc(C(F)(F)F)cc5)c4)cc23)C1. The van der Waals surface area contributed by atoms with Crippen LogP contribution in [0.15, 0.2) is 61.1 Å². The van der Waals surface area contributed by atoms with Crippen molar-refractivity contribution in [2.75, 3.05) is 18.4 Å². The Morgan fingerprint density at radius 2 is 1.82 bits per heavy atom. The molecule has 0 unspecified atom stereocenters. The third-order valence-corrected chi connectivity index (χ3v) is 6.01. The lowest BCUT2D eigenvalue weighted by Crippen LogP contribution is -2.53. The molecule has 1 fully saturated rings. The van der Waals surface area contributed by atoms with Crippen LogP contribution in [0.5, 0.6) is 0 Å². The molecule has 1 saturated heterocycles. The molecule has 0 radical (unpaired) electrons. The van der Waals surface area contributed by atoms with E-state index in [1.165, 1.54) is 23.7 Å². The molecule has 2 aromatic heterocycles. The fourth-order valence-electron chi connectivity index (χ4n) is 3.96. The number of aromatic nitrogens is 3. The summed E-state index contributed by atoms with van der Waals surface area (Å²) in [5.41, 5.74) is 2.89. The van der Waals surface area contributed by atoms with E-state index in [0.29, 0.717) is 24.5 Å². The average molecular weight is 467 g/mol. The smallest absolute Gasteiger partial charge is 0.359 e. The summed E-state index contributed by atoms with van der Waals surface area (Å²) < 4.78 is 39.9. The van der Waals surface area contributed by atoms with Crippen molar-refractivity contribution >= 4 is 28.4 Å². The molecule has 0 saturated carbocycles.